The highest BCUT2D eigenvalue weighted by Gasteiger charge is 2.42. The van der Waals surface area contributed by atoms with Crippen LogP contribution in [0.15, 0.2) is 51.8 Å². The average Bonchev–Trinajstić information content (AvgIpc) is 3.38. The summed E-state index contributed by atoms with van der Waals surface area (Å²) < 4.78 is 35.0. The molecule has 0 aliphatic carbocycles. The van der Waals surface area contributed by atoms with Crippen molar-refractivity contribution >= 4 is 40.8 Å². The number of esters is 1. The third-order valence-corrected chi connectivity index (χ3v) is 6.32. The van der Waals surface area contributed by atoms with Gasteiger partial charge < -0.3 is 29.3 Å². The molecule has 2 unspecified atom stereocenters. The van der Waals surface area contributed by atoms with Crippen LogP contribution in [-0.4, -0.2) is 78.9 Å². The van der Waals surface area contributed by atoms with E-state index in [1.807, 2.05) is 0 Å². The summed E-state index contributed by atoms with van der Waals surface area (Å²) in [6, 6.07) is 10.3. The molecule has 2 saturated heterocycles. The largest absolute Gasteiger partial charge is 0.449 e. The van der Waals surface area contributed by atoms with E-state index >= 15 is 0 Å². The summed E-state index contributed by atoms with van der Waals surface area (Å²) in [6.45, 7) is 1.91. The van der Waals surface area contributed by atoms with Gasteiger partial charge in [0.1, 0.15) is 12.4 Å². The number of aromatic amines is 1. The zero-order valence-electron chi connectivity index (χ0n) is 21.6. The first-order valence-electron chi connectivity index (χ1n) is 12.5. The van der Waals surface area contributed by atoms with Crippen LogP contribution in [0.25, 0.3) is 11.4 Å². The molecule has 2 N–H and O–H groups in total. The number of carbonyl (C=O) groups is 4. The quantitative estimate of drug-likeness (QED) is 0.388. The first kappa shape index (κ1) is 27.7. The van der Waals surface area contributed by atoms with Crippen LogP contribution in [0.5, 0.6) is 0 Å². The molecule has 15 heteroatoms. The van der Waals surface area contributed by atoms with Crippen LogP contribution in [0.4, 0.5) is 21.5 Å². The zero-order valence-corrected chi connectivity index (χ0v) is 21.6. The van der Waals surface area contributed by atoms with Gasteiger partial charge in [0.05, 0.1) is 18.8 Å². The number of amides is 3. The number of hydrogen-bond acceptors (Lipinski definition) is 10. The maximum absolute atomic E-state index is 14.7. The molecular weight excluding hydrogens is 545 g/mol. The molecule has 2 aliphatic rings. The number of anilines is 3. The molecule has 0 bridgehead atoms. The number of ether oxygens (including phenoxy) is 3. The van der Waals surface area contributed by atoms with E-state index in [4.69, 9.17) is 14.2 Å². The Kier molecular flexibility index (Phi) is 7.89. The van der Waals surface area contributed by atoms with Gasteiger partial charge in [-0.25, -0.2) is 9.18 Å². The lowest BCUT2D eigenvalue weighted by Gasteiger charge is -2.35. The Hall–Kier alpha value is -4.89. The average molecular weight is 570 g/mol. The normalized spacial score (nSPS) is 18.2. The van der Waals surface area contributed by atoms with Crippen molar-refractivity contribution in [1.29, 1.82) is 0 Å². The Balaban J connectivity index is 1.35. The molecule has 14 nitrogen and oxygen atoms in total. The van der Waals surface area contributed by atoms with Crippen LogP contribution in [0.2, 0.25) is 0 Å². The van der Waals surface area contributed by atoms with Crippen LogP contribution >= 0.6 is 0 Å². The van der Waals surface area contributed by atoms with Crippen molar-refractivity contribution in [2.45, 2.75) is 19.1 Å². The van der Waals surface area contributed by atoms with Crippen LogP contribution in [0.3, 0.4) is 0 Å². The standard InChI is InChI=1S/C26H24FN5O9/c1-14(33)40-21(24(35)28-15-5-6-18(19(27)11-15)23-29-26(37)41-30-23)22-25(36)32(8-10-39-22)17-4-2-3-16(12-17)31-7-9-38-13-20(31)34/h2-6,11-12,21-22H,7-10,13H2,1H3,(H,28,35)(H,29,30,37). The van der Waals surface area contributed by atoms with Crippen LogP contribution < -0.4 is 20.9 Å². The van der Waals surface area contributed by atoms with E-state index < -0.39 is 41.6 Å². The van der Waals surface area contributed by atoms with Crippen molar-refractivity contribution in [3.05, 3.63) is 58.8 Å². The van der Waals surface area contributed by atoms with Crippen molar-refractivity contribution in [3.8, 4) is 11.4 Å². The van der Waals surface area contributed by atoms with Gasteiger partial charge in [-0.1, -0.05) is 11.2 Å². The number of aromatic nitrogens is 2. The molecule has 3 heterocycles. The maximum atomic E-state index is 14.7. The molecule has 3 amide bonds. The third kappa shape index (κ3) is 6.00. The highest BCUT2D eigenvalue weighted by Crippen LogP contribution is 2.28. The van der Waals surface area contributed by atoms with E-state index in [0.717, 1.165) is 13.0 Å². The maximum Gasteiger partial charge on any atom is 0.439 e. The Labute approximate surface area is 230 Å². The fourth-order valence-corrected chi connectivity index (χ4v) is 4.47. The smallest absolute Gasteiger partial charge is 0.439 e. The van der Waals surface area contributed by atoms with Gasteiger partial charge in [-0.2, -0.15) is 0 Å². The van der Waals surface area contributed by atoms with Crippen molar-refractivity contribution < 1.29 is 42.3 Å². The molecular formula is C26H24FN5O9. The molecule has 0 radical (unpaired) electrons. The fourth-order valence-electron chi connectivity index (χ4n) is 4.47. The van der Waals surface area contributed by atoms with Gasteiger partial charge in [-0.05, 0) is 36.4 Å². The Morgan fingerprint density at radius 2 is 1.85 bits per heavy atom. The van der Waals surface area contributed by atoms with Gasteiger partial charge in [-0.15, -0.1) is 0 Å². The SMILES string of the molecule is CC(=O)OC(C(=O)Nc1ccc(-c2noc(=O)[nH]2)c(F)c1)C1OCCN(c2cccc(N3CCOCC3=O)c2)C1=O. The second-order valence-electron chi connectivity index (χ2n) is 9.06. The monoisotopic (exact) mass is 569 g/mol. The summed E-state index contributed by atoms with van der Waals surface area (Å²) in [6.07, 6.45) is -3.22. The number of hydrogen-bond donors (Lipinski definition) is 2. The van der Waals surface area contributed by atoms with Crippen molar-refractivity contribution in [2.75, 3.05) is 48.0 Å². The molecule has 2 atom stereocenters. The lowest BCUT2D eigenvalue weighted by molar-refractivity contribution is -0.167. The van der Waals surface area contributed by atoms with E-state index in [1.165, 1.54) is 17.0 Å². The zero-order chi connectivity index (χ0) is 29.1. The molecule has 0 saturated carbocycles. The molecule has 0 spiro atoms. The van der Waals surface area contributed by atoms with Gasteiger partial charge in [0.25, 0.3) is 17.7 Å². The lowest BCUT2D eigenvalue weighted by atomic mass is 10.1. The molecule has 2 aliphatic heterocycles. The van der Waals surface area contributed by atoms with Gasteiger partial charge in [0, 0.05) is 37.1 Å². The third-order valence-electron chi connectivity index (χ3n) is 6.32. The molecule has 5 rings (SSSR count). The first-order chi connectivity index (χ1) is 19.7. The summed E-state index contributed by atoms with van der Waals surface area (Å²) in [5.41, 5.74) is 0.904. The number of nitrogens with zero attached hydrogens (tertiary/aromatic N) is 3. The molecule has 41 heavy (non-hydrogen) atoms. The summed E-state index contributed by atoms with van der Waals surface area (Å²) >= 11 is 0. The van der Waals surface area contributed by atoms with Crippen molar-refractivity contribution in [1.82, 2.24) is 10.1 Å². The van der Waals surface area contributed by atoms with Crippen molar-refractivity contribution in [2.24, 2.45) is 0 Å². The van der Waals surface area contributed by atoms with E-state index in [2.05, 4.69) is 20.0 Å². The number of carbonyl (C=O) groups excluding carboxylic acids is 4. The van der Waals surface area contributed by atoms with E-state index in [9.17, 15) is 28.4 Å². The minimum atomic E-state index is -1.71. The van der Waals surface area contributed by atoms with Gasteiger partial charge >= 0.3 is 11.7 Å². The highest BCUT2D eigenvalue weighted by atomic mass is 19.1. The van der Waals surface area contributed by atoms with E-state index in [1.54, 1.807) is 29.2 Å². The van der Waals surface area contributed by atoms with Crippen LogP contribution in [-0.2, 0) is 33.4 Å². The molecule has 2 fully saturated rings. The van der Waals surface area contributed by atoms with Crippen LogP contribution in [0.1, 0.15) is 6.92 Å². The second-order valence-corrected chi connectivity index (χ2v) is 9.06. The van der Waals surface area contributed by atoms with Crippen molar-refractivity contribution in [3.63, 3.8) is 0 Å². The minimum absolute atomic E-state index is 0.0153. The Morgan fingerprint density at radius 3 is 2.54 bits per heavy atom. The van der Waals surface area contributed by atoms with Gasteiger partial charge in [0.2, 0.25) is 6.10 Å². The molecule has 214 valence electrons. The fraction of sp³-hybridized carbons (Fsp3) is 0.308. The molecule has 2 aromatic carbocycles. The molecule has 1 aromatic heterocycles. The Morgan fingerprint density at radius 1 is 1.10 bits per heavy atom. The summed E-state index contributed by atoms with van der Waals surface area (Å²) in [4.78, 5) is 67.2. The number of benzene rings is 2. The topological polar surface area (TPSA) is 173 Å². The number of H-pyrrole nitrogens is 1. The van der Waals surface area contributed by atoms with E-state index in [0.29, 0.717) is 24.5 Å². The predicted molar refractivity (Wildman–Crippen MR) is 138 cm³/mol. The lowest BCUT2D eigenvalue weighted by Crippen LogP contribution is -2.56. The first-order valence-corrected chi connectivity index (χ1v) is 12.5. The number of rotatable bonds is 7. The number of morpholine rings is 2. The summed E-state index contributed by atoms with van der Waals surface area (Å²) in [5, 5.41) is 5.85. The van der Waals surface area contributed by atoms with Gasteiger partial charge in [0.15, 0.2) is 11.9 Å². The number of nitrogens with one attached hydrogen (secondary N) is 2. The van der Waals surface area contributed by atoms with Crippen LogP contribution in [0, 0.1) is 5.82 Å². The highest BCUT2D eigenvalue weighted by molar-refractivity contribution is 6.05. The molecule has 3 aromatic rings. The predicted octanol–water partition coefficient (Wildman–Crippen LogP) is 0.834. The summed E-state index contributed by atoms with van der Waals surface area (Å²) in [7, 11) is 0. The number of halogens is 1. The minimum Gasteiger partial charge on any atom is -0.449 e. The second kappa shape index (κ2) is 11.7. The van der Waals surface area contributed by atoms with E-state index in [-0.39, 0.29) is 42.7 Å². The Bertz CT molecular complexity index is 1550. The van der Waals surface area contributed by atoms with Gasteiger partial charge in [-0.3, -0.25) is 28.7 Å². The summed E-state index contributed by atoms with van der Waals surface area (Å²) in [5.74, 6) is -4.51.